The van der Waals surface area contributed by atoms with Crippen molar-refractivity contribution in [2.45, 2.75) is 31.2 Å². The van der Waals surface area contributed by atoms with E-state index in [0.717, 1.165) is 13.1 Å². The molecule has 6 heteroatoms. The van der Waals surface area contributed by atoms with E-state index < -0.39 is 24.9 Å². The molecule has 0 saturated carbocycles. The van der Waals surface area contributed by atoms with E-state index in [2.05, 4.69) is 5.32 Å². The van der Waals surface area contributed by atoms with Crippen molar-refractivity contribution in [2.75, 3.05) is 26.2 Å². The van der Waals surface area contributed by atoms with Gasteiger partial charge in [0.05, 0.1) is 19.2 Å². The Hall–Kier alpha value is -0.750. The summed E-state index contributed by atoms with van der Waals surface area (Å²) in [6.45, 7) is 0.585. The molecule has 1 atom stereocenters. The summed E-state index contributed by atoms with van der Waals surface area (Å²) < 4.78 is 26.5. The highest BCUT2D eigenvalue weighted by Gasteiger charge is 2.47. The van der Waals surface area contributed by atoms with Crippen LogP contribution in [-0.2, 0) is 4.79 Å². The number of alkyl halides is 2. The molecular formula is C11H18F2N2O2. The minimum absolute atomic E-state index is 0.167. The molecule has 2 N–H and O–H groups in total. The van der Waals surface area contributed by atoms with Gasteiger partial charge in [-0.15, -0.1) is 0 Å². The van der Waals surface area contributed by atoms with Crippen LogP contribution in [0.15, 0.2) is 0 Å². The largest absolute Gasteiger partial charge is 0.394 e. The maximum absolute atomic E-state index is 13.2. The molecule has 0 aromatic rings. The zero-order valence-electron chi connectivity index (χ0n) is 9.66. The summed E-state index contributed by atoms with van der Waals surface area (Å²) in [7, 11) is 0. The number of piperidine rings is 1. The van der Waals surface area contributed by atoms with Crippen LogP contribution in [0.2, 0.25) is 0 Å². The lowest BCUT2D eigenvalue weighted by Crippen LogP contribution is -2.44. The maximum atomic E-state index is 13.2. The number of likely N-dealkylation sites (tertiary alicyclic amines) is 1. The Morgan fingerprint density at radius 2 is 2.06 bits per heavy atom. The molecular weight excluding hydrogens is 230 g/mol. The SMILES string of the molecule is O=C(C1CCNCC1)N1CC(F)(F)C[C@@H]1CO. The zero-order chi connectivity index (χ0) is 12.5. The Labute approximate surface area is 99.0 Å². The Balaban J connectivity index is 2.02. The number of aliphatic hydroxyl groups is 1. The van der Waals surface area contributed by atoms with E-state index in [1.54, 1.807) is 0 Å². The fourth-order valence-electron chi connectivity index (χ4n) is 2.62. The lowest BCUT2D eigenvalue weighted by Gasteiger charge is -2.29. The average molecular weight is 248 g/mol. The molecule has 17 heavy (non-hydrogen) atoms. The van der Waals surface area contributed by atoms with Crippen LogP contribution in [0, 0.1) is 5.92 Å². The first-order valence-electron chi connectivity index (χ1n) is 6.03. The summed E-state index contributed by atoms with van der Waals surface area (Å²) in [6.07, 6.45) is 0.971. The van der Waals surface area contributed by atoms with Crippen LogP contribution in [0.3, 0.4) is 0 Å². The lowest BCUT2D eigenvalue weighted by atomic mass is 9.96. The first-order valence-corrected chi connectivity index (χ1v) is 6.03. The average Bonchev–Trinajstić information content (AvgIpc) is 2.65. The quantitative estimate of drug-likeness (QED) is 0.735. The molecule has 0 spiro atoms. The highest BCUT2D eigenvalue weighted by atomic mass is 19.3. The molecule has 2 rings (SSSR count). The molecule has 2 aliphatic rings. The van der Waals surface area contributed by atoms with E-state index in [-0.39, 0.29) is 18.4 Å². The molecule has 0 aromatic heterocycles. The molecule has 2 aliphatic heterocycles. The summed E-state index contributed by atoms with van der Waals surface area (Å²) in [4.78, 5) is 13.3. The second-order valence-electron chi connectivity index (χ2n) is 4.89. The Morgan fingerprint density at radius 3 is 2.65 bits per heavy atom. The van der Waals surface area contributed by atoms with E-state index in [4.69, 9.17) is 5.11 Å². The topological polar surface area (TPSA) is 52.6 Å². The smallest absolute Gasteiger partial charge is 0.267 e. The molecule has 2 fully saturated rings. The van der Waals surface area contributed by atoms with Gasteiger partial charge in [0.1, 0.15) is 0 Å². The van der Waals surface area contributed by atoms with Crippen LogP contribution in [0.1, 0.15) is 19.3 Å². The van der Waals surface area contributed by atoms with Gasteiger partial charge in [-0.3, -0.25) is 4.79 Å². The van der Waals surface area contributed by atoms with Gasteiger partial charge in [-0.1, -0.05) is 0 Å². The minimum atomic E-state index is -2.85. The van der Waals surface area contributed by atoms with E-state index in [1.165, 1.54) is 4.90 Å². The fourth-order valence-corrected chi connectivity index (χ4v) is 2.62. The van der Waals surface area contributed by atoms with Gasteiger partial charge < -0.3 is 15.3 Å². The molecule has 0 bridgehead atoms. The van der Waals surface area contributed by atoms with Gasteiger partial charge in [0.2, 0.25) is 5.91 Å². The molecule has 2 heterocycles. The second kappa shape index (κ2) is 4.86. The number of nitrogens with zero attached hydrogens (tertiary/aromatic N) is 1. The zero-order valence-corrected chi connectivity index (χ0v) is 9.66. The van der Waals surface area contributed by atoms with Crippen LogP contribution < -0.4 is 5.32 Å². The van der Waals surface area contributed by atoms with Crippen molar-refractivity contribution in [3.05, 3.63) is 0 Å². The normalized spacial score (nSPS) is 29.6. The van der Waals surface area contributed by atoms with Crippen molar-refractivity contribution >= 4 is 5.91 Å². The number of amides is 1. The third-order valence-electron chi connectivity index (χ3n) is 3.56. The third-order valence-corrected chi connectivity index (χ3v) is 3.56. The highest BCUT2D eigenvalue weighted by molar-refractivity contribution is 5.79. The summed E-state index contributed by atoms with van der Waals surface area (Å²) in [5, 5.41) is 12.2. The molecule has 0 aliphatic carbocycles. The molecule has 0 radical (unpaired) electrons. The monoisotopic (exact) mass is 248 g/mol. The number of rotatable bonds is 2. The summed E-state index contributed by atoms with van der Waals surface area (Å²) in [6, 6.07) is -0.715. The van der Waals surface area contributed by atoms with E-state index in [1.807, 2.05) is 0 Å². The van der Waals surface area contributed by atoms with Crippen LogP contribution in [-0.4, -0.2) is 54.1 Å². The van der Waals surface area contributed by atoms with Gasteiger partial charge in [-0.05, 0) is 25.9 Å². The predicted octanol–water partition coefficient (Wildman–Crippen LogP) is 0.214. The summed E-state index contributed by atoms with van der Waals surface area (Å²) in [5.41, 5.74) is 0. The van der Waals surface area contributed by atoms with Gasteiger partial charge in [0.25, 0.3) is 5.92 Å². The molecule has 0 unspecified atom stereocenters. The fraction of sp³-hybridized carbons (Fsp3) is 0.909. The molecule has 98 valence electrons. The molecule has 1 amide bonds. The number of carbonyl (C=O) groups is 1. The highest BCUT2D eigenvalue weighted by Crippen LogP contribution is 2.33. The van der Waals surface area contributed by atoms with Crippen molar-refractivity contribution in [3.63, 3.8) is 0 Å². The van der Waals surface area contributed by atoms with Crippen molar-refractivity contribution in [3.8, 4) is 0 Å². The van der Waals surface area contributed by atoms with Crippen LogP contribution in [0.25, 0.3) is 0 Å². The number of carbonyl (C=O) groups excluding carboxylic acids is 1. The standard InChI is InChI=1S/C11H18F2N2O2/c12-11(13)5-9(6-16)15(7-11)10(17)8-1-3-14-4-2-8/h8-9,14,16H,1-7H2/t9-/m1/s1. The summed E-state index contributed by atoms with van der Waals surface area (Å²) in [5.74, 6) is -3.24. The van der Waals surface area contributed by atoms with Crippen LogP contribution in [0.4, 0.5) is 8.78 Å². The second-order valence-corrected chi connectivity index (χ2v) is 4.89. The van der Waals surface area contributed by atoms with Gasteiger partial charge in [0, 0.05) is 12.3 Å². The molecule has 0 aromatic carbocycles. The molecule has 2 saturated heterocycles. The minimum Gasteiger partial charge on any atom is -0.394 e. The van der Waals surface area contributed by atoms with Crippen molar-refractivity contribution < 1.29 is 18.7 Å². The first kappa shape index (κ1) is 12.7. The lowest BCUT2D eigenvalue weighted by molar-refractivity contribution is -0.139. The first-order chi connectivity index (χ1) is 8.03. The van der Waals surface area contributed by atoms with Crippen molar-refractivity contribution in [2.24, 2.45) is 5.92 Å². The van der Waals surface area contributed by atoms with Crippen molar-refractivity contribution in [1.82, 2.24) is 10.2 Å². The molecule has 4 nitrogen and oxygen atoms in total. The number of aliphatic hydroxyl groups excluding tert-OH is 1. The number of hydrogen-bond acceptors (Lipinski definition) is 3. The number of halogens is 2. The van der Waals surface area contributed by atoms with E-state index >= 15 is 0 Å². The predicted molar refractivity (Wildman–Crippen MR) is 57.7 cm³/mol. The van der Waals surface area contributed by atoms with Crippen molar-refractivity contribution in [1.29, 1.82) is 0 Å². The van der Waals surface area contributed by atoms with Crippen LogP contribution in [0.5, 0.6) is 0 Å². The maximum Gasteiger partial charge on any atom is 0.267 e. The Bertz CT molecular complexity index is 293. The third kappa shape index (κ3) is 2.74. The Kier molecular flexibility index (Phi) is 3.63. The number of hydrogen-bond donors (Lipinski definition) is 2. The Morgan fingerprint density at radius 1 is 1.41 bits per heavy atom. The van der Waals surface area contributed by atoms with E-state index in [0.29, 0.717) is 12.8 Å². The van der Waals surface area contributed by atoms with Gasteiger partial charge in [-0.25, -0.2) is 8.78 Å². The van der Waals surface area contributed by atoms with Gasteiger partial charge in [-0.2, -0.15) is 0 Å². The van der Waals surface area contributed by atoms with Gasteiger partial charge >= 0.3 is 0 Å². The number of nitrogens with one attached hydrogen (secondary N) is 1. The summed E-state index contributed by atoms with van der Waals surface area (Å²) >= 11 is 0. The van der Waals surface area contributed by atoms with Gasteiger partial charge in [0.15, 0.2) is 0 Å². The van der Waals surface area contributed by atoms with Crippen LogP contribution >= 0.6 is 0 Å². The van der Waals surface area contributed by atoms with E-state index in [9.17, 15) is 13.6 Å².